The number of hydrogen-bond acceptors (Lipinski definition) is 3. The standard InChI is InChI=1S/C19H19NO4/c1-2-12-24-17-9-4-3-6-14(17)10-11-18(21)20-16-8-5-7-15(13-16)19(22)23/h3-11,13H,2,12H2,1H3,(H,20,21)(H,22,23)/b11-10+. The van der Waals surface area contributed by atoms with E-state index in [1.54, 1.807) is 18.2 Å². The number of benzene rings is 2. The van der Waals surface area contributed by atoms with Gasteiger partial charge in [0.25, 0.3) is 0 Å². The lowest BCUT2D eigenvalue weighted by molar-refractivity contribution is -0.111. The maximum absolute atomic E-state index is 12.0. The van der Waals surface area contributed by atoms with Crippen LogP contribution in [0, 0.1) is 0 Å². The van der Waals surface area contributed by atoms with Crippen LogP contribution in [0.3, 0.4) is 0 Å². The van der Waals surface area contributed by atoms with Gasteiger partial charge < -0.3 is 15.2 Å². The molecule has 1 amide bonds. The number of para-hydroxylation sites is 1. The zero-order chi connectivity index (χ0) is 17.4. The van der Waals surface area contributed by atoms with E-state index in [0.717, 1.165) is 17.7 Å². The molecule has 2 aromatic carbocycles. The Hall–Kier alpha value is -3.08. The molecule has 0 unspecified atom stereocenters. The van der Waals surface area contributed by atoms with Crippen LogP contribution < -0.4 is 10.1 Å². The van der Waals surface area contributed by atoms with Gasteiger partial charge in [-0.1, -0.05) is 31.2 Å². The van der Waals surface area contributed by atoms with Gasteiger partial charge in [0.05, 0.1) is 12.2 Å². The lowest BCUT2D eigenvalue weighted by Crippen LogP contribution is -2.08. The van der Waals surface area contributed by atoms with Gasteiger partial charge in [0.15, 0.2) is 0 Å². The Morgan fingerprint density at radius 2 is 1.96 bits per heavy atom. The molecule has 0 fully saturated rings. The van der Waals surface area contributed by atoms with E-state index in [4.69, 9.17) is 9.84 Å². The molecule has 0 aromatic heterocycles. The number of nitrogens with one attached hydrogen (secondary N) is 1. The number of aromatic carboxylic acids is 1. The van der Waals surface area contributed by atoms with Crippen LogP contribution in [0.15, 0.2) is 54.6 Å². The highest BCUT2D eigenvalue weighted by Crippen LogP contribution is 2.19. The number of hydrogen-bond donors (Lipinski definition) is 2. The molecule has 2 rings (SSSR count). The number of anilines is 1. The van der Waals surface area contributed by atoms with Crippen molar-refractivity contribution in [1.29, 1.82) is 0 Å². The molecule has 0 saturated carbocycles. The van der Waals surface area contributed by atoms with E-state index in [9.17, 15) is 9.59 Å². The van der Waals surface area contributed by atoms with Crippen molar-refractivity contribution in [3.05, 3.63) is 65.7 Å². The second-order valence-corrected chi connectivity index (χ2v) is 5.09. The molecular weight excluding hydrogens is 306 g/mol. The molecule has 124 valence electrons. The maximum atomic E-state index is 12.0. The van der Waals surface area contributed by atoms with Crippen LogP contribution in [-0.2, 0) is 4.79 Å². The van der Waals surface area contributed by atoms with Gasteiger partial charge in [-0.25, -0.2) is 4.79 Å². The normalized spacial score (nSPS) is 10.5. The Morgan fingerprint density at radius 1 is 1.17 bits per heavy atom. The summed E-state index contributed by atoms with van der Waals surface area (Å²) < 4.78 is 5.63. The Labute approximate surface area is 140 Å². The molecule has 0 aliphatic rings. The number of carbonyl (C=O) groups excluding carboxylic acids is 1. The molecule has 0 spiro atoms. The van der Waals surface area contributed by atoms with Gasteiger partial charge in [-0.3, -0.25) is 4.79 Å². The van der Waals surface area contributed by atoms with E-state index in [2.05, 4.69) is 5.32 Å². The smallest absolute Gasteiger partial charge is 0.335 e. The SMILES string of the molecule is CCCOc1ccccc1/C=C/C(=O)Nc1cccc(C(=O)O)c1. The molecule has 2 N–H and O–H groups in total. The average molecular weight is 325 g/mol. The third kappa shape index (κ3) is 4.98. The summed E-state index contributed by atoms with van der Waals surface area (Å²) in [7, 11) is 0. The van der Waals surface area contributed by atoms with E-state index in [-0.39, 0.29) is 11.5 Å². The first kappa shape index (κ1) is 17.3. The second kappa shape index (κ2) is 8.53. The number of rotatable bonds is 7. The van der Waals surface area contributed by atoms with Crippen molar-refractivity contribution >= 4 is 23.6 Å². The summed E-state index contributed by atoms with van der Waals surface area (Å²) in [5.74, 6) is -0.664. The zero-order valence-corrected chi connectivity index (χ0v) is 13.4. The van der Waals surface area contributed by atoms with Crippen molar-refractivity contribution in [3.8, 4) is 5.75 Å². The highest BCUT2D eigenvalue weighted by atomic mass is 16.5. The third-order valence-corrected chi connectivity index (χ3v) is 3.17. The van der Waals surface area contributed by atoms with Gasteiger partial charge in [-0.2, -0.15) is 0 Å². The summed E-state index contributed by atoms with van der Waals surface area (Å²) in [6.07, 6.45) is 3.96. The van der Waals surface area contributed by atoms with Crippen LogP contribution in [0.4, 0.5) is 5.69 Å². The van der Waals surface area contributed by atoms with Crippen molar-refractivity contribution < 1.29 is 19.4 Å². The average Bonchev–Trinajstić information content (AvgIpc) is 2.59. The highest BCUT2D eigenvalue weighted by Gasteiger charge is 2.05. The lowest BCUT2D eigenvalue weighted by atomic mass is 10.2. The minimum atomic E-state index is -1.04. The number of carbonyl (C=O) groups is 2. The fraction of sp³-hybridized carbons (Fsp3) is 0.158. The maximum Gasteiger partial charge on any atom is 0.335 e. The van der Waals surface area contributed by atoms with Gasteiger partial charge in [-0.05, 0) is 36.8 Å². The fourth-order valence-corrected chi connectivity index (χ4v) is 2.04. The molecule has 0 saturated heterocycles. The van der Waals surface area contributed by atoms with Crippen LogP contribution in [0.5, 0.6) is 5.75 Å². The number of carboxylic acids is 1. The van der Waals surface area contributed by atoms with Crippen LogP contribution in [0.1, 0.15) is 29.3 Å². The predicted octanol–water partition coefficient (Wildman–Crippen LogP) is 3.83. The van der Waals surface area contributed by atoms with E-state index in [1.807, 2.05) is 31.2 Å². The lowest BCUT2D eigenvalue weighted by Gasteiger charge is -2.07. The molecular formula is C19H19NO4. The van der Waals surface area contributed by atoms with Gasteiger partial charge in [0.1, 0.15) is 5.75 Å². The zero-order valence-electron chi connectivity index (χ0n) is 13.4. The van der Waals surface area contributed by atoms with Crippen molar-refractivity contribution in [2.45, 2.75) is 13.3 Å². The summed E-state index contributed by atoms with van der Waals surface area (Å²) in [5, 5.41) is 11.6. The third-order valence-electron chi connectivity index (χ3n) is 3.17. The molecule has 0 aliphatic carbocycles. The summed E-state index contributed by atoms with van der Waals surface area (Å²) in [6, 6.07) is 13.5. The van der Waals surface area contributed by atoms with Crippen molar-refractivity contribution in [1.82, 2.24) is 0 Å². The fourth-order valence-electron chi connectivity index (χ4n) is 2.04. The first-order chi connectivity index (χ1) is 11.6. The minimum Gasteiger partial charge on any atom is -0.493 e. The Kier molecular flexibility index (Phi) is 6.14. The Morgan fingerprint density at radius 3 is 2.71 bits per heavy atom. The molecule has 0 aliphatic heterocycles. The molecule has 5 heteroatoms. The number of amides is 1. The van der Waals surface area contributed by atoms with Crippen LogP contribution in [-0.4, -0.2) is 23.6 Å². The van der Waals surface area contributed by atoms with E-state index in [0.29, 0.717) is 12.3 Å². The van der Waals surface area contributed by atoms with E-state index >= 15 is 0 Å². The van der Waals surface area contributed by atoms with E-state index < -0.39 is 5.97 Å². The minimum absolute atomic E-state index is 0.120. The van der Waals surface area contributed by atoms with Crippen molar-refractivity contribution in [2.24, 2.45) is 0 Å². The summed E-state index contributed by atoms with van der Waals surface area (Å²) in [6.45, 7) is 2.64. The van der Waals surface area contributed by atoms with Crippen LogP contribution in [0.25, 0.3) is 6.08 Å². The number of ether oxygens (including phenoxy) is 1. The van der Waals surface area contributed by atoms with Gasteiger partial charge in [-0.15, -0.1) is 0 Å². The first-order valence-electron chi connectivity index (χ1n) is 7.64. The van der Waals surface area contributed by atoms with Crippen molar-refractivity contribution in [2.75, 3.05) is 11.9 Å². The van der Waals surface area contributed by atoms with E-state index in [1.165, 1.54) is 18.2 Å². The molecule has 0 atom stereocenters. The number of carboxylic acid groups (broad SMARTS) is 1. The highest BCUT2D eigenvalue weighted by molar-refractivity contribution is 6.02. The Balaban J connectivity index is 2.06. The quantitative estimate of drug-likeness (QED) is 0.759. The largest absolute Gasteiger partial charge is 0.493 e. The predicted molar refractivity (Wildman–Crippen MR) is 93.3 cm³/mol. The molecule has 5 nitrogen and oxygen atoms in total. The summed E-state index contributed by atoms with van der Waals surface area (Å²) >= 11 is 0. The van der Waals surface area contributed by atoms with Crippen molar-refractivity contribution in [3.63, 3.8) is 0 Å². The molecule has 2 aromatic rings. The van der Waals surface area contributed by atoms with Gasteiger partial charge in [0, 0.05) is 17.3 Å². The monoisotopic (exact) mass is 325 g/mol. The summed E-state index contributed by atoms with van der Waals surface area (Å²) in [5.41, 5.74) is 1.36. The second-order valence-electron chi connectivity index (χ2n) is 5.09. The summed E-state index contributed by atoms with van der Waals surface area (Å²) in [4.78, 5) is 22.9. The molecule has 0 bridgehead atoms. The van der Waals surface area contributed by atoms with Gasteiger partial charge >= 0.3 is 5.97 Å². The Bertz CT molecular complexity index is 753. The van der Waals surface area contributed by atoms with Gasteiger partial charge in [0.2, 0.25) is 5.91 Å². The first-order valence-corrected chi connectivity index (χ1v) is 7.64. The van der Waals surface area contributed by atoms with Crippen LogP contribution >= 0.6 is 0 Å². The molecule has 0 heterocycles. The molecule has 0 radical (unpaired) electrons. The topological polar surface area (TPSA) is 75.6 Å². The molecule has 24 heavy (non-hydrogen) atoms. The van der Waals surface area contributed by atoms with Crippen LogP contribution in [0.2, 0.25) is 0 Å².